The highest BCUT2D eigenvalue weighted by Gasteiger charge is 2.28. The van der Waals surface area contributed by atoms with Crippen LogP contribution in [-0.2, 0) is 26.5 Å². The van der Waals surface area contributed by atoms with E-state index in [1.807, 2.05) is 0 Å². The Balaban J connectivity index is 1.89. The summed E-state index contributed by atoms with van der Waals surface area (Å²) in [6.45, 7) is 2.17. The number of carbonyl (C=O) groups excluding carboxylic acids is 1. The zero-order valence-corrected chi connectivity index (χ0v) is 18.3. The number of hydrogen-bond donors (Lipinski definition) is 1. The maximum absolute atomic E-state index is 13.0. The fraction of sp³-hybridized carbons (Fsp3) is 0.316. The average molecular weight is 438 g/mol. The van der Waals surface area contributed by atoms with Crippen molar-refractivity contribution in [2.24, 2.45) is 0 Å². The summed E-state index contributed by atoms with van der Waals surface area (Å²) in [5.74, 6) is -0.221. The summed E-state index contributed by atoms with van der Waals surface area (Å²) in [4.78, 5) is 14.8. The van der Waals surface area contributed by atoms with Gasteiger partial charge in [-0.05, 0) is 60.9 Å². The number of fused-ring (bicyclic) bond motifs is 1. The molecular formula is C19H23N3O5S2. The number of benzene rings is 2. The number of nitrogens with zero attached hydrogens (tertiary/aromatic N) is 2. The number of sulfonamides is 2. The molecule has 10 heteroatoms. The Hall–Kier alpha value is -2.43. The minimum atomic E-state index is -3.54. The van der Waals surface area contributed by atoms with E-state index in [0.29, 0.717) is 35.5 Å². The topological polar surface area (TPSA) is 104 Å². The number of aryl methyl sites for hydroxylation is 1. The molecule has 0 saturated heterocycles. The van der Waals surface area contributed by atoms with Gasteiger partial charge in [0.25, 0.3) is 5.91 Å². The summed E-state index contributed by atoms with van der Waals surface area (Å²) in [7, 11) is -4.00. The molecule has 1 amide bonds. The molecule has 156 valence electrons. The third-order valence-electron chi connectivity index (χ3n) is 4.74. The van der Waals surface area contributed by atoms with Crippen LogP contribution in [-0.4, -0.2) is 53.9 Å². The predicted molar refractivity (Wildman–Crippen MR) is 112 cm³/mol. The van der Waals surface area contributed by atoms with Gasteiger partial charge in [-0.3, -0.25) is 9.52 Å². The Morgan fingerprint density at radius 3 is 2.34 bits per heavy atom. The van der Waals surface area contributed by atoms with Crippen LogP contribution < -0.4 is 9.62 Å². The van der Waals surface area contributed by atoms with Crippen molar-refractivity contribution in [2.75, 3.05) is 36.5 Å². The molecule has 1 aliphatic rings. The van der Waals surface area contributed by atoms with Gasteiger partial charge in [0, 0.05) is 31.9 Å². The van der Waals surface area contributed by atoms with Gasteiger partial charge in [-0.2, -0.15) is 0 Å². The largest absolute Gasteiger partial charge is 0.308 e. The molecule has 0 spiro atoms. The van der Waals surface area contributed by atoms with E-state index < -0.39 is 20.0 Å². The van der Waals surface area contributed by atoms with Crippen molar-refractivity contribution in [1.29, 1.82) is 0 Å². The number of amides is 1. The second-order valence-corrected chi connectivity index (χ2v) is 11.1. The molecule has 0 aromatic heterocycles. The minimum Gasteiger partial charge on any atom is -0.308 e. The molecule has 1 aliphatic heterocycles. The lowest BCUT2D eigenvalue weighted by molar-refractivity contribution is 0.0989. The maximum Gasteiger partial charge on any atom is 0.258 e. The van der Waals surface area contributed by atoms with Crippen molar-refractivity contribution in [1.82, 2.24) is 4.31 Å². The monoisotopic (exact) mass is 437 g/mol. The van der Waals surface area contributed by atoms with Gasteiger partial charge < -0.3 is 4.90 Å². The second-order valence-electron chi connectivity index (χ2n) is 7.19. The van der Waals surface area contributed by atoms with Crippen molar-refractivity contribution in [3.05, 3.63) is 53.1 Å². The predicted octanol–water partition coefficient (Wildman–Crippen LogP) is 1.82. The van der Waals surface area contributed by atoms with E-state index in [1.165, 1.54) is 20.2 Å². The normalized spacial score (nSPS) is 14.2. The molecule has 0 aliphatic carbocycles. The fourth-order valence-electron chi connectivity index (χ4n) is 3.23. The first-order chi connectivity index (χ1) is 13.4. The van der Waals surface area contributed by atoms with Crippen LogP contribution in [0, 0.1) is 6.92 Å². The van der Waals surface area contributed by atoms with E-state index in [-0.39, 0.29) is 10.8 Å². The second kappa shape index (κ2) is 7.43. The molecule has 2 aromatic carbocycles. The molecule has 0 unspecified atom stereocenters. The van der Waals surface area contributed by atoms with Crippen molar-refractivity contribution < 1.29 is 21.6 Å². The van der Waals surface area contributed by atoms with Crippen LogP contribution in [0.25, 0.3) is 0 Å². The molecule has 8 nitrogen and oxygen atoms in total. The van der Waals surface area contributed by atoms with E-state index in [4.69, 9.17) is 0 Å². The van der Waals surface area contributed by atoms with Crippen LogP contribution in [0.2, 0.25) is 0 Å². The van der Waals surface area contributed by atoms with E-state index in [9.17, 15) is 21.6 Å². The van der Waals surface area contributed by atoms with Gasteiger partial charge in [0.2, 0.25) is 20.0 Å². The molecule has 0 radical (unpaired) electrons. The molecule has 0 saturated carbocycles. The highest BCUT2D eigenvalue weighted by atomic mass is 32.2. The number of nitrogens with one attached hydrogen (secondary N) is 1. The van der Waals surface area contributed by atoms with Crippen LogP contribution >= 0.6 is 0 Å². The Morgan fingerprint density at radius 2 is 1.76 bits per heavy atom. The third-order valence-corrected chi connectivity index (χ3v) is 7.14. The Morgan fingerprint density at radius 1 is 1.07 bits per heavy atom. The van der Waals surface area contributed by atoms with Crippen LogP contribution in [0.4, 0.5) is 11.4 Å². The smallest absolute Gasteiger partial charge is 0.258 e. The lowest BCUT2D eigenvalue weighted by atomic mass is 10.1. The SMILES string of the molecule is Cc1cc(C(=O)N2CCc3cc(S(=O)(=O)N(C)C)ccc32)ccc1NS(C)(=O)=O. The summed E-state index contributed by atoms with van der Waals surface area (Å²) in [5.41, 5.74) is 2.97. The van der Waals surface area contributed by atoms with Crippen LogP contribution in [0.3, 0.4) is 0 Å². The van der Waals surface area contributed by atoms with Gasteiger partial charge in [-0.1, -0.05) is 0 Å². The van der Waals surface area contributed by atoms with Crippen LogP contribution in [0.5, 0.6) is 0 Å². The summed E-state index contributed by atoms with van der Waals surface area (Å²) in [5, 5.41) is 0. The van der Waals surface area contributed by atoms with Gasteiger partial charge in [-0.25, -0.2) is 21.1 Å². The fourth-order valence-corrected chi connectivity index (χ4v) is 4.81. The molecule has 1 N–H and O–H groups in total. The van der Waals surface area contributed by atoms with Crippen molar-refractivity contribution >= 4 is 37.3 Å². The Labute approximate surface area is 171 Å². The first-order valence-electron chi connectivity index (χ1n) is 8.86. The first-order valence-corrected chi connectivity index (χ1v) is 12.2. The van der Waals surface area contributed by atoms with Crippen LogP contribution in [0.15, 0.2) is 41.3 Å². The van der Waals surface area contributed by atoms with Crippen molar-refractivity contribution in [2.45, 2.75) is 18.2 Å². The standard InChI is InChI=1S/C19H23N3O5S2/c1-13-11-15(5-7-17(13)20-28(4,24)25)19(23)22-10-9-14-12-16(6-8-18(14)22)29(26,27)21(2)3/h5-8,11-12,20H,9-10H2,1-4H3. The molecule has 0 atom stereocenters. The number of anilines is 2. The molecule has 0 fully saturated rings. The Kier molecular flexibility index (Phi) is 5.46. The van der Waals surface area contributed by atoms with Gasteiger partial charge in [-0.15, -0.1) is 0 Å². The van der Waals surface area contributed by atoms with E-state index in [2.05, 4.69) is 4.72 Å². The molecular weight excluding hydrogens is 414 g/mol. The summed E-state index contributed by atoms with van der Waals surface area (Å²) in [6.07, 6.45) is 1.63. The molecule has 0 bridgehead atoms. The highest BCUT2D eigenvalue weighted by Crippen LogP contribution is 2.32. The van der Waals surface area contributed by atoms with Crippen molar-refractivity contribution in [3.63, 3.8) is 0 Å². The molecule has 2 aromatic rings. The highest BCUT2D eigenvalue weighted by molar-refractivity contribution is 7.92. The number of hydrogen-bond acceptors (Lipinski definition) is 5. The molecule has 1 heterocycles. The van der Waals surface area contributed by atoms with Gasteiger partial charge in [0.15, 0.2) is 0 Å². The van der Waals surface area contributed by atoms with Gasteiger partial charge in [0.1, 0.15) is 0 Å². The van der Waals surface area contributed by atoms with Gasteiger partial charge in [0.05, 0.1) is 16.8 Å². The van der Waals surface area contributed by atoms with Gasteiger partial charge >= 0.3 is 0 Å². The van der Waals surface area contributed by atoms with Crippen molar-refractivity contribution in [3.8, 4) is 0 Å². The Bertz CT molecular complexity index is 1190. The maximum atomic E-state index is 13.0. The minimum absolute atomic E-state index is 0.197. The zero-order valence-electron chi connectivity index (χ0n) is 16.6. The molecule has 29 heavy (non-hydrogen) atoms. The van der Waals surface area contributed by atoms with E-state index in [0.717, 1.165) is 16.1 Å². The summed E-state index contributed by atoms with van der Waals surface area (Å²) in [6, 6.07) is 9.55. The van der Waals surface area contributed by atoms with Crippen LogP contribution in [0.1, 0.15) is 21.5 Å². The number of carbonyl (C=O) groups is 1. The lowest BCUT2D eigenvalue weighted by Gasteiger charge is -2.19. The lowest BCUT2D eigenvalue weighted by Crippen LogP contribution is -2.29. The zero-order chi connectivity index (χ0) is 21.6. The van der Waals surface area contributed by atoms with E-state index >= 15 is 0 Å². The molecule has 3 rings (SSSR count). The third kappa shape index (κ3) is 4.29. The first kappa shape index (κ1) is 21.3. The van der Waals surface area contributed by atoms with E-state index in [1.54, 1.807) is 42.2 Å². The average Bonchev–Trinajstić information content (AvgIpc) is 3.04. The quantitative estimate of drug-likeness (QED) is 0.768. The number of rotatable bonds is 5. The summed E-state index contributed by atoms with van der Waals surface area (Å²) < 4.78 is 51.1. The summed E-state index contributed by atoms with van der Waals surface area (Å²) >= 11 is 0.